The second kappa shape index (κ2) is 4.81. The lowest BCUT2D eigenvalue weighted by Crippen LogP contribution is -2.42. The molecule has 120 valence electrons. The van der Waals surface area contributed by atoms with E-state index >= 15 is 0 Å². The van der Waals surface area contributed by atoms with Crippen LogP contribution < -0.4 is 5.32 Å². The number of rotatable bonds is 1. The Morgan fingerprint density at radius 1 is 1.26 bits per heavy atom. The van der Waals surface area contributed by atoms with Gasteiger partial charge in [0.1, 0.15) is 0 Å². The average Bonchev–Trinajstić information content (AvgIpc) is 3.31. The van der Waals surface area contributed by atoms with Crippen LogP contribution in [-0.2, 0) is 19.8 Å². The minimum Gasteiger partial charge on any atom is -0.474 e. The standard InChI is InChI=1S/C17H18N2O4/c20-14(15(21)22)19-8-2-1-3-13(19)10-4-5-12-11(9-10)17(6-7-17)16(23)18-12/h4-5,9,13H,1-3,6-8H2,(H,18,23)(H,21,22). The number of carbonyl (C=O) groups is 3. The highest BCUT2D eigenvalue weighted by Gasteiger charge is 2.56. The Hall–Kier alpha value is -2.37. The summed E-state index contributed by atoms with van der Waals surface area (Å²) >= 11 is 0. The van der Waals surface area contributed by atoms with Gasteiger partial charge in [0.05, 0.1) is 11.5 Å². The van der Waals surface area contributed by atoms with Crippen molar-refractivity contribution in [2.45, 2.75) is 43.6 Å². The van der Waals surface area contributed by atoms with Gasteiger partial charge in [-0.2, -0.15) is 0 Å². The van der Waals surface area contributed by atoms with E-state index in [0.29, 0.717) is 6.54 Å². The van der Waals surface area contributed by atoms with E-state index in [-0.39, 0.29) is 17.4 Å². The average molecular weight is 314 g/mol. The zero-order valence-electron chi connectivity index (χ0n) is 12.7. The minimum absolute atomic E-state index is 0.0618. The Bertz CT molecular complexity index is 723. The second-order valence-corrected chi connectivity index (χ2v) is 6.66. The highest BCUT2D eigenvalue weighted by molar-refractivity contribution is 6.31. The lowest BCUT2D eigenvalue weighted by molar-refractivity contribution is -0.158. The predicted molar refractivity (Wildman–Crippen MR) is 81.9 cm³/mol. The van der Waals surface area contributed by atoms with Crippen LogP contribution in [0.25, 0.3) is 0 Å². The lowest BCUT2D eigenvalue weighted by atomic mass is 9.90. The molecule has 0 aromatic heterocycles. The van der Waals surface area contributed by atoms with E-state index in [4.69, 9.17) is 5.11 Å². The first-order valence-electron chi connectivity index (χ1n) is 8.03. The van der Waals surface area contributed by atoms with Crippen LogP contribution in [0, 0.1) is 0 Å². The summed E-state index contributed by atoms with van der Waals surface area (Å²) in [6.07, 6.45) is 4.26. The Morgan fingerprint density at radius 2 is 2.04 bits per heavy atom. The molecule has 6 nitrogen and oxygen atoms in total. The van der Waals surface area contributed by atoms with Crippen LogP contribution in [0.15, 0.2) is 18.2 Å². The summed E-state index contributed by atoms with van der Waals surface area (Å²) in [5.74, 6) is -2.19. The van der Waals surface area contributed by atoms with Crippen LogP contribution in [0.5, 0.6) is 0 Å². The molecular formula is C17H18N2O4. The largest absolute Gasteiger partial charge is 0.474 e. The fourth-order valence-electron chi connectivity index (χ4n) is 3.90. The first-order chi connectivity index (χ1) is 11.0. The number of fused-ring (bicyclic) bond motifs is 2. The summed E-state index contributed by atoms with van der Waals surface area (Å²) in [4.78, 5) is 36.6. The van der Waals surface area contributed by atoms with Crippen LogP contribution in [-0.4, -0.2) is 34.3 Å². The summed E-state index contributed by atoms with van der Waals surface area (Å²) < 4.78 is 0. The van der Waals surface area contributed by atoms with E-state index in [2.05, 4.69) is 5.32 Å². The SMILES string of the molecule is O=C(O)C(=O)N1CCCCC1c1ccc2c(c1)C1(CC1)C(=O)N2. The number of carboxylic acid groups (broad SMARTS) is 1. The van der Waals surface area contributed by atoms with Crippen molar-refractivity contribution >= 4 is 23.5 Å². The van der Waals surface area contributed by atoms with Gasteiger partial charge in [-0.25, -0.2) is 4.79 Å². The number of benzene rings is 1. The number of anilines is 1. The molecule has 1 atom stereocenters. The first kappa shape index (κ1) is 14.2. The number of carboxylic acids is 1. The van der Waals surface area contributed by atoms with E-state index in [9.17, 15) is 14.4 Å². The molecule has 3 aliphatic rings. The molecule has 6 heteroatoms. The Labute approximate surface area is 133 Å². The van der Waals surface area contributed by atoms with E-state index < -0.39 is 11.9 Å². The van der Waals surface area contributed by atoms with Crippen molar-refractivity contribution in [3.63, 3.8) is 0 Å². The number of hydrogen-bond donors (Lipinski definition) is 2. The number of likely N-dealkylation sites (tertiary alicyclic amines) is 1. The quantitative estimate of drug-likeness (QED) is 0.774. The molecule has 1 aromatic rings. The molecule has 0 radical (unpaired) electrons. The number of carbonyl (C=O) groups excluding carboxylic acids is 2. The smallest absolute Gasteiger partial charge is 0.394 e. The van der Waals surface area contributed by atoms with Crippen molar-refractivity contribution in [1.82, 2.24) is 4.90 Å². The van der Waals surface area contributed by atoms with Crippen molar-refractivity contribution in [3.05, 3.63) is 29.3 Å². The van der Waals surface area contributed by atoms with Gasteiger partial charge < -0.3 is 15.3 Å². The van der Waals surface area contributed by atoms with Crippen molar-refractivity contribution in [3.8, 4) is 0 Å². The first-order valence-corrected chi connectivity index (χ1v) is 8.03. The maximum Gasteiger partial charge on any atom is 0.394 e. The van der Waals surface area contributed by atoms with Crippen molar-refractivity contribution in [1.29, 1.82) is 0 Å². The summed E-state index contributed by atoms with van der Waals surface area (Å²) in [6.45, 7) is 0.467. The summed E-state index contributed by atoms with van der Waals surface area (Å²) in [6, 6.07) is 5.56. The summed E-state index contributed by atoms with van der Waals surface area (Å²) in [5.41, 5.74) is 2.42. The highest BCUT2D eigenvalue weighted by atomic mass is 16.4. The molecule has 2 heterocycles. The van der Waals surface area contributed by atoms with Crippen LogP contribution in [0.3, 0.4) is 0 Å². The van der Waals surface area contributed by atoms with Gasteiger partial charge in [0.15, 0.2) is 0 Å². The summed E-state index contributed by atoms with van der Waals surface area (Å²) in [5, 5.41) is 12.0. The van der Waals surface area contributed by atoms with Gasteiger partial charge in [-0.3, -0.25) is 9.59 Å². The minimum atomic E-state index is -1.41. The van der Waals surface area contributed by atoms with Gasteiger partial charge in [0, 0.05) is 12.2 Å². The van der Waals surface area contributed by atoms with Gasteiger partial charge in [0.25, 0.3) is 0 Å². The Kier molecular flexibility index (Phi) is 2.98. The highest BCUT2D eigenvalue weighted by Crippen LogP contribution is 2.55. The number of nitrogens with zero attached hydrogens (tertiary/aromatic N) is 1. The van der Waals surface area contributed by atoms with Crippen LogP contribution in [0.4, 0.5) is 5.69 Å². The number of hydrogen-bond acceptors (Lipinski definition) is 3. The Morgan fingerprint density at radius 3 is 2.74 bits per heavy atom. The van der Waals surface area contributed by atoms with Crippen LogP contribution in [0.1, 0.15) is 49.3 Å². The molecule has 23 heavy (non-hydrogen) atoms. The topological polar surface area (TPSA) is 86.7 Å². The van der Waals surface area contributed by atoms with Crippen molar-refractivity contribution < 1.29 is 19.5 Å². The molecule has 1 saturated carbocycles. The van der Waals surface area contributed by atoms with E-state index in [1.54, 1.807) is 0 Å². The van der Waals surface area contributed by atoms with E-state index in [0.717, 1.165) is 48.9 Å². The fraction of sp³-hybridized carbons (Fsp3) is 0.471. The molecule has 2 amide bonds. The zero-order valence-corrected chi connectivity index (χ0v) is 12.7. The third-order valence-corrected chi connectivity index (χ3v) is 5.32. The molecule has 1 aromatic carbocycles. The van der Waals surface area contributed by atoms with E-state index in [1.807, 2.05) is 18.2 Å². The number of piperidine rings is 1. The molecule has 0 bridgehead atoms. The molecule has 1 aliphatic carbocycles. The van der Waals surface area contributed by atoms with Crippen LogP contribution >= 0.6 is 0 Å². The Balaban J connectivity index is 1.70. The molecule has 1 spiro atoms. The molecule has 2 fully saturated rings. The van der Waals surface area contributed by atoms with Gasteiger partial charge in [-0.1, -0.05) is 12.1 Å². The number of amides is 2. The molecule has 2 N–H and O–H groups in total. The third kappa shape index (κ3) is 2.04. The van der Waals surface area contributed by atoms with Gasteiger partial charge in [-0.05, 0) is 49.3 Å². The van der Waals surface area contributed by atoms with E-state index in [1.165, 1.54) is 4.90 Å². The second-order valence-electron chi connectivity index (χ2n) is 6.66. The van der Waals surface area contributed by atoms with Gasteiger partial charge >= 0.3 is 11.9 Å². The predicted octanol–water partition coefficient (Wildman–Crippen LogP) is 1.81. The molecule has 1 saturated heterocycles. The maximum atomic E-state index is 12.1. The van der Waals surface area contributed by atoms with Gasteiger partial charge in [-0.15, -0.1) is 0 Å². The van der Waals surface area contributed by atoms with Crippen molar-refractivity contribution in [2.24, 2.45) is 0 Å². The number of nitrogens with one attached hydrogen (secondary N) is 1. The molecular weight excluding hydrogens is 296 g/mol. The number of aliphatic carboxylic acids is 1. The monoisotopic (exact) mass is 314 g/mol. The van der Waals surface area contributed by atoms with Gasteiger partial charge in [0.2, 0.25) is 5.91 Å². The molecule has 1 unspecified atom stereocenters. The van der Waals surface area contributed by atoms with Crippen LogP contribution in [0.2, 0.25) is 0 Å². The lowest BCUT2D eigenvalue weighted by Gasteiger charge is -2.35. The normalized spacial score (nSPS) is 24.3. The zero-order chi connectivity index (χ0) is 16.2. The summed E-state index contributed by atoms with van der Waals surface area (Å²) in [7, 11) is 0. The third-order valence-electron chi connectivity index (χ3n) is 5.32. The molecule has 4 rings (SSSR count). The molecule has 2 aliphatic heterocycles. The van der Waals surface area contributed by atoms with Crippen molar-refractivity contribution in [2.75, 3.05) is 11.9 Å². The fourth-order valence-corrected chi connectivity index (χ4v) is 3.90. The maximum absolute atomic E-state index is 12.1.